The number of aliphatic hydroxyl groups excluding tert-OH is 4. The van der Waals surface area contributed by atoms with Crippen molar-refractivity contribution in [3.8, 4) is 0 Å². The first-order valence-electron chi connectivity index (χ1n) is 27.6. The van der Waals surface area contributed by atoms with Crippen LogP contribution in [0.15, 0.2) is 12.2 Å². The Morgan fingerprint density at radius 1 is 0.393 bits per heavy atom. The second-order valence-corrected chi connectivity index (χ2v) is 19.3. The number of unbranched alkanes of at least 4 members (excludes halogenated alkanes) is 40. The van der Waals surface area contributed by atoms with E-state index in [-0.39, 0.29) is 0 Å². The Balaban J connectivity index is 3.61. The fraction of sp³-hybridized carbons (Fsp3) is 0.945. The van der Waals surface area contributed by atoms with Gasteiger partial charge in [-0.3, -0.25) is 4.79 Å². The van der Waals surface area contributed by atoms with Gasteiger partial charge in [0.2, 0.25) is 5.91 Å². The highest BCUT2D eigenvalue weighted by Crippen LogP contribution is 2.18. The SMILES string of the molecule is CCCCCCCCCCCCCCC/C=C/CCCC(O)C(O)C(CO)NC(=O)C(O)CCCCCCCCCCCCCCCCCCCCCCCCCCCCC. The molecule has 0 aromatic rings. The Labute approximate surface area is 381 Å². The quantitative estimate of drug-likeness (QED) is 0.0309. The van der Waals surface area contributed by atoms with E-state index in [2.05, 4.69) is 31.3 Å². The summed E-state index contributed by atoms with van der Waals surface area (Å²) in [5, 5.41) is 43.9. The van der Waals surface area contributed by atoms with Crippen LogP contribution in [-0.4, -0.2) is 57.3 Å². The maximum atomic E-state index is 12.6. The van der Waals surface area contributed by atoms with Gasteiger partial charge in [-0.1, -0.05) is 276 Å². The van der Waals surface area contributed by atoms with E-state index < -0.39 is 36.9 Å². The molecule has 0 rings (SSSR count). The minimum atomic E-state index is -1.28. The zero-order chi connectivity index (χ0) is 44.5. The topological polar surface area (TPSA) is 110 Å². The Kier molecular flexibility index (Phi) is 49.3. The summed E-state index contributed by atoms with van der Waals surface area (Å²) in [5.74, 6) is -0.587. The summed E-state index contributed by atoms with van der Waals surface area (Å²) in [5.41, 5.74) is 0. The minimum Gasteiger partial charge on any atom is -0.394 e. The van der Waals surface area contributed by atoms with Crippen molar-refractivity contribution in [2.24, 2.45) is 0 Å². The van der Waals surface area contributed by atoms with Crippen LogP contribution in [0.5, 0.6) is 0 Å². The highest BCUT2D eigenvalue weighted by molar-refractivity contribution is 5.80. The zero-order valence-corrected chi connectivity index (χ0v) is 41.2. The number of amides is 1. The molecule has 0 aliphatic heterocycles. The molecule has 4 unspecified atom stereocenters. The van der Waals surface area contributed by atoms with Gasteiger partial charge in [0, 0.05) is 0 Å². The third-order valence-corrected chi connectivity index (χ3v) is 13.2. The number of aliphatic hydroxyl groups is 4. The summed E-state index contributed by atoms with van der Waals surface area (Å²) >= 11 is 0. The molecule has 0 heterocycles. The van der Waals surface area contributed by atoms with Crippen molar-refractivity contribution < 1.29 is 25.2 Å². The molecule has 0 aromatic carbocycles. The van der Waals surface area contributed by atoms with Crippen molar-refractivity contribution in [3.63, 3.8) is 0 Å². The molecule has 4 atom stereocenters. The van der Waals surface area contributed by atoms with Crippen molar-refractivity contribution in [2.45, 2.75) is 327 Å². The number of hydrogen-bond acceptors (Lipinski definition) is 5. The molecular formula is C55H109NO5. The lowest BCUT2D eigenvalue weighted by atomic mass is 10.00. The van der Waals surface area contributed by atoms with Crippen LogP contribution in [0.2, 0.25) is 0 Å². The van der Waals surface area contributed by atoms with Gasteiger partial charge in [0.1, 0.15) is 12.2 Å². The second kappa shape index (κ2) is 50.1. The molecule has 0 spiro atoms. The molecule has 0 bridgehead atoms. The van der Waals surface area contributed by atoms with Gasteiger partial charge in [0.25, 0.3) is 0 Å². The molecule has 6 heteroatoms. The standard InChI is InChI=1S/C55H109NO5/c1-3-5-7-9-11-13-15-17-19-21-23-24-25-26-27-28-29-30-31-33-35-37-39-41-43-45-47-49-53(59)55(61)56-51(50-57)54(60)52(58)48-46-44-42-40-38-36-34-32-22-20-18-16-14-12-10-8-6-4-2/h40,42,51-54,57-60H,3-39,41,43-50H2,1-2H3,(H,56,61)/b42-40+. The molecule has 0 saturated heterocycles. The van der Waals surface area contributed by atoms with Crippen LogP contribution in [0, 0.1) is 0 Å². The van der Waals surface area contributed by atoms with Crippen LogP contribution < -0.4 is 5.32 Å². The largest absolute Gasteiger partial charge is 0.394 e. The molecule has 0 radical (unpaired) electrons. The predicted molar refractivity (Wildman–Crippen MR) is 265 cm³/mol. The zero-order valence-electron chi connectivity index (χ0n) is 41.2. The third kappa shape index (κ3) is 44.1. The van der Waals surface area contributed by atoms with E-state index in [1.165, 1.54) is 238 Å². The molecule has 61 heavy (non-hydrogen) atoms. The normalized spacial score (nSPS) is 13.9. The molecule has 0 fully saturated rings. The highest BCUT2D eigenvalue weighted by atomic mass is 16.3. The van der Waals surface area contributed by atoms with Crippen molar-refractivity contribution in [2.75, 3.05) is 6.61 Å². The molecular weight excluding hydrogens is 755 g/mol. The van der Waals surface area contributed by atoms with Gasteiger partial charge < -0.3 is 25.7 Å². The molecule has 0 aliphatic rings. The first kappa shape index (κ1) is 60.1. The van der Waals surface area contributed by atoms with Crippen LogP contribution in [0.4, 0.5) is 0 Å². The highest BCUT2D eigenvalue weighted by Gasteiger charge is 2.28. The summed E-state index contributed by atoms with van der Waals surface area (Å²) < 4.78 is 0. The van der Waals surface area contributed by atoms with E-state index in [1.54, 1.807) is 0 Å². The lowest BCUT2D eigenvalue weighted by Crippen LogP contribution is -2.53. The van der Waals surface area contributed by atoms with E-state index in [1.807, 2.05) is 0 Å². The van der Waals surface area contributed by atoms with E-state index in [4.69, 9.17) is 0 Å². The van der Waals surface area contributed by atoms with Gasteiger partial charge >= 0.3 is 0 Å². The Bertz CT molecular complexity index is 882. The van der Waals surface area contributed by atoms with Crippen LogP contribution in [-0.2, 0) is 4.79 Å². The third-order valence-electron chi connectivity index (χ3n) is 13.2. The monoisotopic (exact) mass is 864 g/mol. The van der Waals surface area contributed by atoms with E-state index in [9.17, 15) is 25.2 Å². The van der Waals surface area contributed by atoms with Gasteiger partial charge in [-0.05, 0) is 38.5 Å². The predicted octanol–water partition coefficient (Wildman–Crippen LogP) is 15.7. The molecule has 5 N–H and O–H groups in total. The summed E-state index contributed by atoms with van der Waals surface area (Å²) in [6.45, 7) is 4.08. The Hall–Kier alpha value is -0.950. The van der Waals surface area contributed by atoms with Crippen LogP contribution >= 0.6 is 0 Å². The molecule has 0 aromatic heterocycles. The maximum absolute atomic E-state index is 12.6. The van der Waals surface area contributed by atoms with Crippen molar-refractivity contribution in [1.29, 1.82) is 0 Å². The smallest absolute Gasteiger partial charge is 0.249 e. The first-order chi connectivity index (χ1) is 30.0. The molecule has 364 valence electrons. The Morgan fingerprint density at radius 3 is 0.984 bits per heavy atom. The lowest BCUT2D eigenvalue weighted by Gasteiger charge is -2.27. The minimum absolute atomic E-state index is 0.369. The van der Waals surface area contributed by atoms with Gasteiger partial charge in [-0.2, -0.15) is 0 Å². The average molecular weight is 864 g/mol. The number of carbonyl (C=O) groups excluding carboxylic acids is 1. The average Bonchev–Trinajstić information content (AvgIpc) is 3.26. The lowest BCUT2D eigenvalue weighted by molar-refractivity contribution is -0.132. The summed E-state index contributed by atoms with van der Waals surface area (Å²) in [6.07, 6.45) is 58.5. The number of carbonyl (C=O) groups is 1. The fourth-order valence-electron chi connectivity index (χ4n) is 8.88. The van der Waals surface area contributed by atoms with Gasteiger partial charge in [-0.25, -0.2) is 0 Å². The van der Waals surface area contributed by atoms with Crippen LogP contribution in [0.1, 0.15) is 303 Å². The summed E-state index contributed by atoms with van der Waals surface area (Å²) in [7, 11) is 0. The number of nitrogens with one attached hydrogen (secondary N) is 1. The second-order valence-electron chi connectivity index (χ2n) is 19.3. The Morgan fingerprint density at radius 2 is 0.672 bits per heavy atom. The van der Waals surface area contributed by atoms with E-state index in [0.717, 1.165) is 38.5 Å². The van der Waals surface area contributed by atoms with Gasteiger partial charge in [0.05, 0.1) is 18.8 Å². The molecule has 0 aliphatic carbocycles. The molecule has 1 amide bonds. The summed E-state index contributed by atoms with van der Waals surface area (Å²) in [6, 6.07) is -0.998. The van der Waals surface area contributed by atoms with Crippen LogP contribution in [0.3, 0.4) is 0 Å². The van der Waals surface area contributed by atoms with Crippen molar-refractivity contribution in [1.82, 2.24) is 5.32 Å². The summed E-state index contributed by atoms with van der Waals surface area (Å²) in [4.78, 5) is 12.6. The number of rotatable bonds is 51. The van der Waals surface area contributed by atoms with E-state index >= 15 is 0 Å². The van der Waals surface area contributed by atoms with Crippen molar-refractivity contribution in [3.05, 3.63) is 12.2 Å². The maximum Gasteiger partial charge on any atom is 0.249 e. The molecule has 0 saturated carbocycles. The van der Waals surface area contributed by atoms with Crippen LogP contribution in [0.25, 0.3) is 0 Å². The van der Waals surface area contributed by atoms with Gasteiger partial charge in [-0.15, -0.1) is 0 Å². The first-order valence-corrected chi connectivity index (χ1v) is 27.6. The van der Waals surface area contributed by atoms with Gasteiger partial charge in [0.15, 0.2) is 0 Å². The van der Waals surface area contributed by atoms with Crippen molar-refractivity contribution >= 4 is 5.91 Å². The van der Waals surface area contributed by atoms with E-state index in [0.29, 0.717) is 12.8 Å². The molecule has 6 nitrogen and oxygen atoms in total. The number of allylic oxidation sites excluding steroid dienone is 2. The fourth-order valence-corrected chi connectivity index (χ4v) is 8.88. The number of hydrogen-bond donors (Lipinski definition) is 5.